The molecule has 3 aromatic carbocycles. The van der Waals surface area contributed by atoms with Crippen LogP contribution >= 0.6 is 47.8 Å². The second-order valence-electron chi connectivity index (χ2n) is 11.3. The molecule has 10 nitrogen and oxygen atoms in total. The summed E-state index contributed by atoms with van der Waals surface area (Å²) in [7, 11) is -5.30. The van der Waals surface area contributed by atoms with E-state index in [2.05, 4.69) is 30.2 Å². The molecule has 0 saturated heterocycles. The lowest BCUT2D eigenvalue weighted by Gasteiger charge is -2.32. The molecule has 4 rings (SSSR count). The van der Waals surface area contributed by atoms with E-state index < -0.39 is 47.4 Å². The van der Waals surface area contributed by atoms with Gasteiger partial charge in [-0.05, 0) is 79.4 Å². The second-order valence-corrected chi connectivity index (χ2v) is 15.3. The summed E-state index contributed by atoms with van der Waals surface area (Å²) in [5, 5.41) is 11.2. The molecule has 1 N–H and O–H groups in total. The van der Waals surface area contributed by atoms with Crippen LogP contribution in [0.4, 0.5) is 20.5 Å². The summed E-state index contributed by atoms with van der Waals surface area (Å²) >= 11 is 15.5. The van der Waals surface area contributed by atoms with Crippen LogP contribution in [0.5, 0.6) is 0 Å². The molecule has 0 radical (unpaired) electrons. The second kappa shape index (κ2) is 13.9. The molecule has 0 aliphatic heterocycles. The van der Waals surface area contributed by atoms with Crippen molar-refractivity contribution in [2.45, 2.75) is 44.1 Å². The van der Waals surface area contributed by atoms with Crippen molar-refractivity contribution in [3.8, 4) is 11.3 Å². The average molecular weight is 795 g/mol. The summed E-state index contributed by atoms with van der Waals surface area (Å²) in [5.41, 5.74) is -0.685. The Morgan fingerprint density at radius 2 is 1.72 bits per heavy atom. The minimum absolute atomic E-state index is 0.0168. The standard InChI is InChI=1S/C30H27BrCl2F2N2O8PS/c1-28(2,3)26(38)44-30(39,45-46-40)29(34,35)21-11-5-17(13-22(21)31)16-37(19-8-12-23(32)24(33)14-19)27-36-15-25(43-27)18-6-9-20(10-7-18)47(4,41)42/h5-15,39,46H,16H2,1-4H3/q+1. The van der Waals surface area contributed by atoms with Crippen LogP contribution in [0.15, 0.2) is 80.6 Å². The predicted octanol–water partition coefficient (Wildman–Crippen LogP) is 8.44. The number of halogens is 5. The maximum atomic E-state index is 15.7. The minimum atomic E-state index is -4.39. The highest BCUT2D eigenvalue weighted by Gasteiger charge is 2.64. The Morgan fingerprint density at radius 3 is 2.28 bits per heavy atom. The van der Waals surface area contributed by atoms with E-state index >= 15 is 8.78 Å². The summed E-state index contributed by atoms with van der Waals surface area (Å²) in [5.74, 6) is -9.19. The third kappa shape index (κ3) is 8.19. The highest BCUT2D eigenvalue weighted by Crippen LogP contribution is 2.46. The lowest BCUT2D eigenvalue weighted by molar-refractivity contribution is -0.397. The molecule has 2 atom stereocenters. The van der Waals surface area contributed by atoms with Crippen LogP contribution in [-0.2, 0) is 40.9 Å². The fourth-order valence-corrected chi connectivity index (χ4v) is 5.94. The maximum absolute atomic E-state index is 15.7. The van der Waals surface area contributed by atoms with E-state index in [4.69, 9.17) is 27.6 Å². The highest BCUT2D eigenvalue weighted by molar-refractivity contribution is 9.10. The number of ether oxygens (including phenoxy) is 1. The molecular weight excluding hydrogens is 768 g/mol. The third-order valence-electron chi connectivity index (χ3n) is 6.64. The number of hydrogen-bond donors (Lipinski definition) is 1. The van der Waals surface area contributed by atoms with Gasteiger partial charge in [-0.1, -0.05) is 55.8 Å². The quantitative estimate of drug-likeness (QED) is 0.0895. The fraction of sp³-hybridized carbons (Fsp3) is 0.267. The van der Waals surface area contributed by atoms with E-state index in [0.29, 0.717) is 22.6 Å². The van der Waals surface area contributed by atoms with Gasteiger partial charge in [-0.15, -0.1) is 0 Å². The number of aliphatic hydroxyl groups is 1. The zero-order valence-corrected chi connectivity index (χ0v) is 30.0. The summed E-state index contributed by atoms with van der Waals surface area (Å²) in [6.45, 7) is 4.12. The molecule has 0 bridgehead atoms. The number of hydrogen-bond acceptors (Lipinski definition) is 10. The Kier molecular flexibility index (Phi) is 10.9. The van der Waals surface area contributed by atoms with E-state index in [1.165, 1.54) is 51.2 Å². The summed E-state index contributed by atoms with van der Waals surface area (Å²) in [6.07, 6.45) is 2.53. The first kappa shape index (κ1) is 36.9. The van der Waals surface area contributed by atoms with Crippen LogP contribution in [0, 0.1) is 5.41 Å². The number of nitrogens with zero attached hydrogens (tertiary/aromatic N) is 2. The molecular formula is C30H27BrCl2F2N2O8PS+. The average Bonchev–Trinajstić information content (AvgIpc) is 3.46. The van der Waals surface area contributed by atoms with Gasteiger partial charge in [-0.3, -0.25) is 9.69 Å². The number of esters is 1. The number of sulfone groups is 1. The smallest absolute Gasteiger partial charge is 0.423 e. The van der Waals surface area contributed by atoms with E-state index in [9.17, 15) is 22.9 Å². The molecule has 0 aliphatic carbocycles. The van der Waals surface area contributed by atoms with Gasteiger partial charge in [0.15, 0.2) is 15.6 Å². The Balaban J connectivity index is 1.71. The monoisotopic (exact) mass is 793 g/mol. The molecule has 2 unspecified atom stereocenters. The molecule has 0 fully saturated rings. The topological polar surface area (TPSA) is 136 Å². The first-order chi connectivity index (χ1) is 21.8. The van der Waals surface area contributed by atoms with Crippen molar-refractivity contribution < 1.29 is 45.3 Å². The van der Waals surface area contributed by atoms with Crippen molar-refractivity contribution in [1.82, 2.24) is 4.98 Å². The lowest BCUT2D eigenvalue weighted by atomic mass is 9.97. The van der Waals surface area contributed by atoms with Crippen molar-refractivity contribution in [3.05, 3.63) is 92.5 Å². The molecule has 0 aliphatic rings. The number of carbonyl (C=O) groups is 1. The Labute approximate surface area is 288 Å². The third-order valence-corrected chi connectivity index (χ3v) is 9.52. The number of aromatic nitrogens is 1. The van der Waals surface area contributed by atoms with Crippen molar-refractivity contribution >= 4 is 75.3 Å². The molecule has 47 heavy (non-hydrogen) atoms. The highest BCUT2D eigenvalue weighted by atomic mass is 79.9. The van der Waals surface area contributed by atoms with Gasteiger partial charge in [0, 0.05) is 27.5 Å². The SMILES string of the molecule is CC(C)(C)C(=O)OC(O)(O[PH+]=O)C(F)(F)c1ccc(CN(c2ccc(Cl)c(Cl)c2)c2ncc(-c3ccc(S(C)(=O)=O)cc3)o2)cc1Br. The predicted molar refractivity (Wildman–Crippen MR) is 176 cm³/mol. The Morgan fingerprint density at radius 1 is 1.06 bits per heavy atom. The Hall–Kier alpha value is -2.97. The summed E-state index contributed by atoms with van der Waals surface area (Å²) in [4.78, 5) is 18.5. The van der Waals surface area contributed by atoms with Gasteiger partial charge < -0.3 is 14.3 Å². The largest absolute Gasteiger partial charge is 0.501 e. The number of anilines is 2. The van der Waals surface area contributed by atoms with Crippen LogP contribution in [-0.4, -0.2) is 36.7 Å². The lowest BCUT2D eigenvalue weighted by Crippen LogP contribution is -2.52. The number of oxazole rings is 1. The van der Waals surface area contributed by atoms with Crippen LogP contribution in [0.3, 0.4) is 0 Å². The maximum Gasteiger partial charge on any atom is 0.501 e. The van der Waals surface area contributed by atoms with Gasteiger partial charge in [-0.25, -0.2) is 13.4 Å². The van der Waals surface area contributed by atoms with E-state index in [1.807, 2.05) is 0 Å². The zero-order chi connectivity index (χ0) is 34.9. The van der Waals surface area contributed by atoms with Gasteiger partial charge in [0.25, 0.3) is 0 Å². The number of alkyl halides is 2. The normalized spacial score (nSPS) is 13.7. The first-order valence-electron chi connectivity index (χ1n) is 13.4. The molecule has 0 spiro atoms. The van der Waals surface area contributed by atoms with Crippen LogP contribution < -0.4 is 4.90 Å². The van der Waals surface area contributed by atoms with Crippen molar-refractivity contribution in [2.24, 2.45) is 5.41 Å². The van der Waals surface area contributed by atoms with Gasteiger partial charge in [0.1, 0.15) is 0 Å². The summed E-state index contributed by atoms with van der Waals surface area (Å²) < 4.78 is 81.3. The molecule has 17 heteroatoms. The molecule has 0 amide bonds. The van der Waals surface area contributed by atoms with Crippen LogP contribution in [0.1, 0.15) is 31.9 Å². The van der Waals surface area contributed by atoms with Gasteiger partial charge in [0.05, 0.1) is 33.1 Å². The Bertz CT molecular complexity index is 1920. The number of benzene rings is 3. The van der Waals surface area contributed by atoms with Crippen LogP contribution in [0.25, 0.3) is 11.3 Å². The van der Waals surface area contributed by atoms with Crippen molar-refractivity contribution in [3.63, 3.8) is 0 Å². The number of carbonyl (C=O) groups excluding carboxylic acids is 1. The number of rotatable bonds is 11. The minimum Gasteiger partial charge on any atom is -0.423 e. The molecule has 1 aromatic heterocycles. The van der Waals surface area contributed by atoms with Gasteiger partial charge in [0.2, 0.25) is 0 Å². The molecule has 0 saturated carbocycles. The van der Waals surface area contributed by atoms with Gasteiger partial charge >= 0.3 is 32.6 Å². The van der Waals surface area contributed by atoms with Crippen molar-refractivity contribution in [2.75, 3.05) is 11.2 Å². The fourth-order valence-electron chi connectivity index (χ4n) is 4.06. The van der Waals surface area contributed by atoms with Crippen LogP contribution in [0.2, 0.25) is 10.0 Å². The summed E-state index contributed by atoms with van der Waals surface area (Å²) in [6, 6.07) is 14.4. The zero-order valence-electron chi connectivity index (χ0n) is 25.1. The van der Waals surface area contributed by atoms with E-state index in [0.717, 1.165) is 12.3 Å². The molecule has 4 aromatic rings. The van der Waals surface area contributed by atoms with E-state index in [-0.39, 0.29) is 32.0 Å². The van der Waals surface area contributed by atoms with E-state index in [1.54, 1.807) is 35.2 Å². The molecule has 1 heterocycles. The van der Waals surface area contributed by atoms with Crippen molar-refractivity contribution in [1.29, 1.82) is 0 Å². The first-order valence-corrected chi connectivity index (χ1v) is 17.7. The molecule has 250 valence electrons. The van der Waals surface area contributed by atoms with Gasteiger partial charge in [-0.2, -0.15) is 8.78 Å².